The number of carboxylic acid groups (broad SMARTS) is 1. The molecule has 0 aliphatic carbocycles. The standard InChI is InChI=1S/C28H36FNO4/c1-4-22(16-28(32)33)24-11-9-23(10-12-24)20(3)34-18-26(31)17-30-13-5-6-25(30)14-21-8-7-19(2)27(29)15-21/h7-12,15-16,20,25-26,31H,4-6,13-14,17-18H2,1-3H3,(H,32,33)/b22-16+/t20-,25+,26+/m1/s1. The van der Waals surface area contributed by atoms with Crippen LogP contribution in [0, 0.1) is 12.7 Å². The van der Waals surface area contributed by atoms with E-state index < -0.39 is 12.1 Å². The number of aryl methyl sites for hydroxylation is 1. The van der Waals surface area contributed by atoms with Gasteiger partial charge in [-0.05, 0) is 80.0 Å². The predicted molar refractivity (Wildman–Crippen MR) is 132 cm³/mol. The maximum atomic E-state index is 13.9. The van der Waals surface area contributed by atoms with Gasteiger partial charge in [0.15, 0.2) is 0 Å². The highest BCUT2D eigenvalue weighted by molar-refractivity contribution is 5.89. The van der Waals surface area contributed by atoms with E-state index in [9.17, 15) is 14.3 Å². The molecule has 0 saturated carbocycles. The number of carboxylic acids is 1. The Balaban J connectivity index is 1.50. The third kappa shape index (κ3) is 7.23. The molecular weight excluding hydrogens is 433 g/mol. The highest BCUT2D eigenvalue weighted by atomic mass is 19.1. The lowest BCUT2D eigenvalue weighted by atomic mass is 10.0. The zero-order valence-electron chi connectivity index (χ0n) is 20.3. The Morgan fingerprint density at radius 2 is 2.00 bits per heavy atom. The summed E-state index contributed by atoms with van der Waals surface area (Å²) in [6.07, 6.45) is 3.98. The van der Waals surface area contributed by atoms with E-state index in [4.69, 9.17) is 9.84 Å². The van der Waals surface area contributed by atoms with E-state index in [1.54, 1.807) is 13.0 Å². The second-order valence-corrected chi connectivity index (χ2v) is 9.19. The highest BCUT2D eigenvalue weighted by Crippen LogP contribution is 2.24. The van der Waals surface area contributed by atoms with Gasteiger partial charge >= 0.3 is 5.97 Å². The van der Waals surface area contributed by atoms with Crippen LogP contribution in [-0.4, -0.2) is 52.9 Å². The molecule has 0 unspecified atom stereocenters. The molecule has 1 saturated heterocycles. The smallest absolute Gasteiger partial charge is 0.328 e. The average Bonchev–Trinajstić information content (AvgIpc) is 3.24. The molecular formula is C28H36FNO4. The third-order valence-electron chi connectivity index (χ3n) is 6.62. The lowest BCUT2D eigenvalue weighted by Crippen LogP contribution is -2.39. The van der Waals surface area contributed by atoms with E-state index in [0.717, 1.165) is 48.1 Å². The molecule has 1 heterocycles. The largest absolute Gasteiger partial charge is 0.478 e. The van der Waals surface area contributed by atoms with Crippen LogP contribution in [0.15, 0.2) is 48.5 Å². The van der Waals surface area contributed by atoms with Crippen LogP contribution in [0.2, 0.25) is 0 Å². The zero-order valence-corrected chi connectivity index (χ0v) is 20.3. The van der Waals surface area contributed by atoms with Crippen molar-refractivity contribution in [3.8, 4) is 0 Å². The number of aliphatic hydroxyl groups is 1. The monoisotopic (exact) mass is 469 g/mol. The lowest BCUT2D eigenvalue weighted by Gasteiger charge is -2.27. The number of β-amino-alcohol motifs (C(OH)–C–C–N with tert-alkyl or cyclic N) is 1. The Hall–Kier alpha value is -2.54. The number of ether oxygens (including phenoxy) is 1. The SMILES string of the molecule is CC/C(=C\C(=O)O)c1ccc([C@@H](C)OC[C@@H](O)CN2CCC[C@H]2Cc2ccc(C)c(F)c2)cc1. The number of aliphatic carboxylic acids is 1. The molecule has 1 fully saturated rings. The minimum atomic E-state index is -0.946. The summed E-state index contributed by atoms with van der Waals surface area (Å²) in [5.41, 5.74) is 4.28. The van der Waals surface area contributed by atoms with Crippen molar-refractivity contribution in [2.24, 2.45) is 0 Å². The van der Waals surface area contributed by atoms with E-state index in [-0.39, 0.29) is 18.5 Å². The zero-order chi connectivity index (χ0) is 24.7. The number of aliphatic hydroxyl groups excluding tert-OH is 1. The summed E-state index contributed by atoms with van der Waals surface area (Å²) in [7, 11) is 0. The third-order valence-corrected chi connectivity index (χ3v) is 6.62. The van der Waals surface area contributed by atoms with Gasteiger partial charge in [0, 0.05) is 18.7 Å². The van der Waals surface area contributed by atoms with E-state index in [1.807, 2.05) is 50.2 Å². The van der Waals surface area contributed by atoms with Gasteiger partial charge in [0.25, 0.3) is 0 Å². The molecule has 5 nitrogen and oxygen atoms in total. The first-order valence-corrected chi connectivity index (χ1v) is 12.1. The molecule has 34 heavy (non-hydrogen) atoms. The van der Waals surface area contributed by atoms with Crippen molar-refractivity contribution < 1.29 is 24.1 Å². The Bertz CT molecular complexity index is 988. The van der Waals surface area contributed by atoms with Crippen LogP contribution >= 0.6 is 0 Å². The van der Waals surface area contributed by atoms with Gasteiger partial charge in [0.1, 0.15) is 5.82 Å². The summed E-state index contributed by atoms with van der Waals surface area (Å²) >= 11 is 0. The predicted octanol–water partition coefficient (Wildman–Crippen LogP) is 5.16. The van der Waals surface area contributed by atoms with Crippen molar-refractivity contribution in [1.82, 2.24) is 4.90 Å². The van der Waals surface area contributed by atoms with E-state index in [0.29, 0.717) is 24.6 Å². The van der Waals surface area contributed by atoms with Gasteiger partial charge in [-0.3, -0.25) is 4.90 Å². The first-order valence-electron chi connectivity index (χ1n) is 12.1. The fourth-order valence-corrected chi connectivity index (χ4v) is 4.58. The quantitative estimate of drug-likeness (QED) is 0.445. The minimum Gasteiger partial charge on any atom is -0.478 e. The molecule has 2 aromatic rings. The van der Waals surface area contributed by atoms with Crippen LogP contribution in [0.1, 0.15) is 61.5 Å². The van der Waals surface area contributed by atoms with Crippen LogP contribution in [0.4, 0.5) is 4.39 Å². The summed E-state index contributed by atoms with van der Waals surface area (Å²) in [4.78, 5) is 13.3. The van der Waals surface area contributed by atoms with Crippen molar-refractivity contribution in [2.45, 2.75) is 64.7 Å². The second kappa shape index (κ2) is 12.2. The van der Waals surface area contributed by atoms with Crippen molar-refractivity contribution >= 4 is 11.5 Å². The highest BCUT2D eigenvalue weighted by Gasteiger charge is 2.27. The number of rotatable bonds is 11. The topological polar surface area (TPSA) is 70.0 Å². The maximum Gasteiger partial charge on any atom is 0.328 e. The fourth-order valence-electron chi connectivity index (χ4n) is 4.58. The van der Waals surface area contributed by atoms with E-state index >= 15 is 0 Å². The van der Waals surface area contributed by atoms with Gasteiger partial charge in [-0.25, -0.2) is 9.18 Å². The van der Waals surface area contributed by atoms with Gasteiger partial charge in [-0.15, -0.1) is 0 Å². The lowest BCUT2D eigenvalue weighted by molar-refractivity contribution is -0.131. The molecule has 2 aromatic carbocycles. The van der Waals surface area contributed by atoms with Gasteiger partial charge in [0.2, 0.25) is 0 Å². The molecule has 2 N–H and O–H groups in total. The number of halogens is 1. The number of hydrogen-bond acceptors (Lipinski definition) is 4. The molecule has 0 radical (unpaired) electrons. The number of nitrogens with zero attached hydrogens (tertiary/aromatic N) is 1. The number of benzene rings is 2. The molecule has 0 bridgehead atoms. The first-order chi connectivity index (χ1) is 16.3. The molecule has 3 atom stereocenters. The summed E-state index contributed by atoms with van der Waals surface area (Å²) < 4.78 is 19.8. The molecule has 6 heteroatoms. The van der Waals surface area contributed by atoms with Crippen molar-refractivity contribution in [3.05, 3.63) is 76.6 Å². The van der Waals surface area contributed by atoms with Gasteiger partial charge in [0.05, 0.1) is 18.8 Å². The summed E-state index contributed by atoms with van der Waals surface area (Å²) in [5, 5.41) is 19.6. The first kappa shape index (κ1) is 26.1. The van der Waals surface area contributed by atoms with Crippen LogP contribution in [-0.2, 0) is 16.0 Å². The summed E-state index contributed by atoms with van der Waals surface area (Å²) in [6.45, 7) is 7.33. The Kier molecular flexibility index (Phi) is 9.39. The number of likely N-dealkylation sites (tertiary alicyclic amines) is 1. The van der Waals surface area contributed by atoms with Crippen molar-refractivity contribution in [1.29, 1.82) is 0 Å². The van der Waals surface area contributed by atoms with Crippen LogP contribution < -0.4 is 0 Å². The average molecular weight is 470 g/mol. The number of allylic oxidation sites excluding steroid dienone is 1. The molecule has 1 aliphatic rings. The van der Waals surface area contributed by atoms with Crippen LogP contribution in [0.3, 0.4) is 0 Å². The normalized spacial score (nSPS) is 18.7. The maximum absolute atomic E-state index is 13.9. The molecule has 0 spiro atoms. The van der Waals surface area contributed by atoms with Crippen LogP contribution in [0.25, 0.3) is 5.57 Å². The fraction of sp³-hybridized carbons (Fsp3) is 0.464. The summed E-state index contributed by atoms with van der Waals surface area (Å²) in [6, 6.07) is 13.4. The molecule has 184 valence electrons. The Morgan fingerprint density at radius 1 is 1.26 bits per heavy atom. The minimum absolute atomic E-state index is 0.165. The molecule has 1 aliphatic heterocycles. The van der Waals surface area contributed by atoms with Crippen molar-refractivity contribution in [2.75, 3.05) is 19.7 Å². The Labute approximate surface area is 201 Å². The molecule has 0 amide bonds. The number of hydrogen-bond donors (Lipinski definition) is 2. The van der Waals surface area contributed by atoms with Gasteiger partial charge in [-0.2, -0.15) is 0 Å². The Morgan fingerprint density at radius 3 is 2.65 bits per heavy atom. The van der Waals surface area contributed by atoms with E-state index in [1.165, 1.54) is 6.08 Å². The molecule has 3 rings (SSSR count). The van der Waals surface area contributed by atoms with Gasteiger partial charge in [-0.1, -0.05) is 43.3 Å². The van der Waals surface area contributed by atoms with E-state index in [2.05, 4.69) is 4.90 Å². The van der Waals surface area contributed by atoms with Gasteiger partial charge < -0.3 is 14.9 Å². The molecule has 0 aromatic heterocycles. The van der Waals surface area contributed by atoms with Crippen LogP contribution in [0.5, 0.6) is 0 Å². The van der Waals surface area contributed by atoms with Crippen molar-refractivity contribution in [3.63, 3.8) is 0 Å². The summed E-state index contributed by atoms with van der Waals surface area (Å²) in [5.74, 6) is -1.11. The number of carbonyl (C=O) groups is 1. The second-order valence-electron chi connectivity index (χ2n) is 9.19.